The van der Waals surface area contributed by atoms with Gasteiger partial charge in [-0.15, -0.1) is 0 Å². The van der Waals surface area contributed by atoms with Crippen LogP contribution in [0.1, 0.15) is 50.7 Å². The summed E-state index contributed by atoms with van der Waals surface area (Å²) in [6.45, 7) is 6.57. The molecule has 35 heavy (non-hydrogen) atoms. The Labute approximate surface area is 206 Å². The molecule has 1 aromatic carbocycles. The van der Waals surface area contributed by atoms with Crippen LogP contribution in [-0.4, -0.2) is 67.5 Å². The summed E-state index contributed by atoms with van der Waals surface area (Å²) in [5, 5.41) is 8.12. The van der Waals surface area contributed by atoms with Gasteiger partial charge in [0.15, 0.2) is 0 Å². The van der Waals surface area contributed by atoms with Crippen LogP contribution in [0, 0.1) is 5.92 Å². The number of hydrogen-bond donors (Lipinski definition) is 3. The van der Waals surface area contributed by atoms with E-state index in [-0.39, 0.29) is 42.9 Å². The standard InChI is InChI=1S/C25H36N4O6/c1-3-17(2)13-23(31)26-9-10-34-11-12-35-16-24(32)27-20-6-4-5-18-14-29(15-19(18)20)21-7-8-22(30)28-25(21)33/h4-6,17,21H,3,7-16H2,1-2H3,(H,26,31)(H,27,32)(H,28,30,33). The molecule has 1 saturated heterocycles. The van der Waals surface area contributed by atoms with E-state index in [4.69, 9.17) is 9.47 Å². The molecule has 0 aromatic heterocycles. The Morgan fingerprint density at radius 2 is 1.94 bits per heavy atom. The summed E-state index contributed by atoms with van der Waals surface area (Å²) in [6, 6.07) is 5.35. The number of ether oxygens (including phenoxy) is 2. The van der Waals surface area contributed by atoms with Crippen molar-refractivity contribution in [2.75, 3.05) is 38.3 Å². The molecule has 10 nitrogen and oxygen atoms in total. The lowest BCUT2D eigenvalue weighted by Gasteiger charge is -2.29. The molecule has 0 radical (unpaired) electrons. The molecule has 3 rings (SSSR count). The van der Waals surface area contributed by atoms with Crippen molar-refractivity contribution in [1.29, 1.82) is 0 Å². The van der Waals surface area contributed by atoms with Crippen molar-refractivity contribution in [2.45, 2.75) is 58.7 Å². The fourth-order valence-electron chi connectivity index (χ4n) is 4.18. The Kier molecular flexibility index (Phi) is 10.2. The molecule has 0 saturated carbocycles. The Balaban J connectivity index is 1.33. The molecule has 1 aromatic rings. The van der Waals surface area contributed by atoms with E-state index in [2.05, 4.69) is 22.9 Å². The zero-order valence-corrected chi connectivity index (χ0v) is 20.6. The highest BCUT2D eigenvalue weighted by molar-refractivity contribution is 6.00. The first-order valence-corrected chi connectivity index (χ1v) is 12.3. The molecule has 0 aliphatic carbocycles. The van der Waals surface area contributed by atoms with E-state index in [1.807, 2.05) is 30.0 Å². The third-order valence-corrected chi connectivity index (χ3v) is 6.34. The quantitative estimate of drug-likeness (QED) is 0.282. The van der Waals surface area contributed by atoms with Crippen molar-refractivity contribution < 1.29 is 28.7 Å². The Morgan fingerprint density at radius 3 is 2.71 bits per heavy atom. The number of piperidine rings is 1. The van der Waals surface area contributed by atoms with Crippen molar-refractivity contribution in [1.82, 2.24) is 15.5 Å². The number of carbonyl (C=O) groups is 4. The minimum Gasteiger partial charge on any atom is -0.377 e. The van der Waals surface area contributed by atoms with Crippen molar-refractivity contribution in [2.24, 2.45) is 5.92 Å². The number of nitrogens with one attached hydrogen (secondary N) is 3. The average Bonchev–Trinajstić information content (AvgIpc) is 3.25. The van der Waals surface area contributed by atoms with Gasteiger partial charge in [-0.25, -0.2) is 0 Å². The van der Waals surface area contributed by atoms with Gasteiger partial charge in [0.2, 0.25) is 23.6 Å². The number of fused-ring (bicyclic) bond motifs is 1. The number of hydrogen-bond acceptors (Lipinski definition) is 7. The summed E-state index contributed by atoms with van der Waals surface area (Å²) < 4.78 is 10.8. The van der Waals surface area contributed by atoms with Gasteiger partial charge in [-0.3, -0.25) is 29.4 Å². The highest BCUT2D eigenvalue weighted by Gasteiger charge is 2.35. The van der Waals surface area contributed by atoms with E-state index in [0.717, 1.165) is 17.5 Å². The molecule has 2 aliphatic rings. The lowest BCUT2D eigenvalue weighted by atomic mass is 10.0. The van der Waals surface area contributed by atoms with Crippen LogP contribution in [0.4, 0.5) is 5.69 Å². The van der Waals surface area contributed by atoms with Gasteiger partial charge >= 0.3 is 0 Å². The van der Waals surface area contributed by atoms with Gasteiger partial charge in [0, 0.05) is 38.2 Å². The van der Waals surface area contributed by atoms with Crippen LogP contribution in [0.25, 0.3) is 0 Å². The fraction of sp³-hybridized carbons (Fsp3) is 0.600. The molecule has 10 heteroatoms. The first-order chi connectivity index (χ1) is 16.9. The monoisotopic (exact) mass is 488 g/mol. The van der Waals surface area contributed by atoms with Crippen LogP contribution >= 0.6 is 0 Å². The Morgan fingerprint density at radius 1 is 1.14 bits per heavy atom. The SMILES string of the molecule is CCC(C)CC(=O)NCCOCCOCC(=O)Nc1cccc2c1CN(C1CCC(=O)NC1=O)C2. The number of anilines is 1. The smallest absolute Gasteiger partial charge is 0.250 e. The van der Waals surface area contributed by atoms with E-state index < -0.39 is 0 Å². The topological polar surface area (TPSA) is 126 Å². The Hall–Kier alpha value is -2.82. The number of benzene rings is 1. The Bertz CT molecular complexity index is 921. The maximum absolute atomic E-state index is 12.4. The number of carbonyl (C=O) groups excluding carboxylic acids is 4. The summed E-state index contributed by atoms with van der Waals surface area (Å²) in [4.78, 5) is 49.8. The maximum atomic E-state index is 12.4. The van der Waals surface area contributed by atoms with Crippen LogP contribution in [-0.2, 0) is 41.7 Å². The van der Waals surface area contributed by atoms with E-state index >= 15 is 0 Å². The van der Waals surface area contributed by atoms with Crippen LogP contribution in [0.3, 0.4) is 0 Å². The second-order valence-electron chi connectivity index (χ2n) is 9.10. The van der Waals surface area contributed by atoms with Crippen LogP contribution in [0.15, 0.2) is 18.2 Å². The maximum Gasteiger partial charge on any atom is 0.250 e. The van der Waals surface area contributed by atoms with E-state index in [0.29, 0.717) is 63.7 Å². The highest BCUT2D eigenvalue weighted by atomic mass is 16.5. The zero-order chi connectivity index (χ0) is 25.2. The summed E-state index contributed by atoms with van der Waals surface area (Å²) in [5.74, 6) is -0.357. The molecule has 2 atom stereocenters. The number of nitrogens with zero attached hydrogens (tertiary/aromatic N) is 1. The number of imide groups is 1. The van der Waals surface area contributed by atoms with Gasteiger partial charge in [0.05, 0.1) is 25.9 Å². The lowest BCUT2D eigenvalue weighted by Crippen LogP contribution is -2.50. The largest absolute Gasteiger partial charge is 0.377 e. The number of rotatable bonds is 13. The molecule has 2 unspecified atom stereocenters. The van der Waals surface area contributed by atoms with E-state index in [1.54, 1.807) is 0 Å². The molecule has 0 spiro atoms. The first-order valence-electron chi connectivity index (χ1n) is 12.3. The molecule has 1 fully saturated rings. The summed E-state index contributed by atoms with van der Waals surface area (Å²) in [6.07, 6.45) is 2.33. The van der Waals surface area contributed by atoms with Crippen LogP contribution in [0.2, 0.25) is 0 Å². The molecule has 4 amide bonds. The van der Waals surface area contributed by atoms with Crippen LogP contribution in [0.5, 0.6) is 0 Å². The van der Waals surface area contributed by atoms with Crippen LogP contribution < -0.4 is 16.0 Å². The average molecular weight is 489 g/mol. The fourth-order valence-corrected chi connectivity index (χ4v) is 4.18. The zero-order valence-electron chi connectivity index (χ0n) is 20.6. The summed E-state index contributed by atoms with van der Waals surface area (Å²) >= 11 is 0. The molecular formula is C25H36N4O6. The van der Waals surface area contributed by atoms with E-state index in [1.165, 1.54) is 0 Å². The van der Waals surface area contributed by atoms with Gasteiger partial charge in [-0.2, -0.15) is 0 Å². The van der Waals surface area contributed by atoms with Gasteiger partial charge in [-0.1, -0.05) is 32.4 Å². The third kappa shape index (κ3) is 8.12. The second-order valence-corrected chi connectivity index (χ2v) is 9.10. The molecule has 2 aliphatic heterocycles. The van der Waals surface area contributed by atoms with Gasteiger partial charge in [0.1, 0.15) is 6.61 Å². The lowest BCUT2D eigenvalue weighted by molar-refractivity contribution is -0.137. The minimum atomic E-state index is -0.347. The van der Waals surface area contributed by atoms with Crippen molar-refractivity contribution in [3.63, 3.8) is 0 Å². The first kappa shape index (κ1) is 26.8. The molecule has 2 heterocycles. The predicted molar refractivity (Wildman–Crippen MR) is 129 cm³/mol. The summed E-state index contributed by atoms with van der Waals surface area (Å²) in [5.41, 5.74) is 2.73. The van der Waals surface area contributed by atoms with Gasteiger partial charge in [-0.05, 0) is 29.5 Å². The van der Waals surface area contributed by atoms with E-state index in [9.17, 15) is 19.2 Å². The molecular weight excluding hydrogens is 452 g/mol. The predicted octanol–water partition coefficient (Wildman–Crippen LogP) is 1.33. The highest BCUT2D eigenvalue weighted by Crippen LogP contribution is 2.32. The second kappa shape index (κ2) is 13.3. The molecule has 0 bridgehead atoms. The third-order valence-electron chi connectivity index (χ3n) is 6.34. The molecule has 3 N–H and O–H groups in total. The van der Waals surface area contributed by atoms with Crippen molar-refractivity contribution in [3.8, 4) is 0 Å². The number of amides is 4. The minimum absolute atomic E-state index is 0.0310. The normalized spacial score (nSPS) is 18.6. The van der Waals surface area contributed by atoms with Crippen molar-refractivity contribution >= 4 is 29.3 Å². The van der Waals surface area contributed by atoms with Gasteiger partial charge in [0.25, 0.3) is 0 Å². The summed E-state index contributed by atoms with van der Waals surface area (Å²) in [7, 11) is 0. The molecule has 192 valence electrons. The van der Waals surface area contributed by atoms with Crippen molar-refractivity contribution in [3.05, 3.63) is 29.3 Å². The van der Waals surface area contributed by atoms with Gasteiger partial charge < -0.3 is 20.1 Å².